The maximum absolute atomic E-state index is 6.08. The monoisotopic (exact) mass is 291 g/mol. The molecule has 1 aromatic heterocycles. The van der Waals surface area contributed by atoms with E-state index in [9.17, 15) is 0 Å². The van der Waals surface area contributed by atoms with Crippen LogP contribution in [0.4, 0.5) is 0 Å². The topological polar surface area (TPSA) is 64.9 Å². The Balaban J connectivity index is 1.94. The van der Waals surface area contributed by atoms with E-state index in [1.165, 1.54) is 11.1 Å². The van der Waals surface area contributed by atoms with Crippen LogP contribution in [-0.4, -0.2) is 10.2 Å². The molecule has 4 nitrogen and oxygen atoms in total. The van der Waals surface area contributed by atoms with E-state index in [-0.39, 0.29) is 6.04 Å². The second-order valence-electron chi connectivity index (χ2n) is 5.09. The van der Waals surface area contributed by atoms with Crippen LogP contribution in [-0.2, 0) is 5.75 Å². The average molecular weight is 291 g/mol. The van der Waals surface area contributed by atoms with Gasteiger partial charge in [0.1, 0.15) is 0 Å². The summed E-state index contributed by atoms with van der Waals surface area (Å²) in [6.07, 6.45) is 0.995. The van der Waals surface area contributed by atoms with Crippen LogP contribution in [0.2, 0.25) is 0 Å². The van der Waals surface area contributed by atoms with E-state index < -0.39 is 0 Å². The van der Waals surface area contributed by atoms with Gasteiger partial charge in [-0.2, -0.15) is 0 Å². The number of hydrogen-bond donors (Lipinski definition) is 1. The van der Waals surface area contributed by atoms with E-state index in [4.69, 9.17) is 10.2 Å². The molecular weight excluding hydrogens is 270 g/mol. The number of hydrogen-bond acceptors (Lipinski definition) is 5. The normalized spacial score (nSPS) is 14.2. The molecule has 0 fully saturated rings. The first-order valence-corrected chi connectivity index (χ1v) is 7.86. The fourth-order valence-corrected chi connectivity index (χ4v) is 2.47. The van der Waals surface area contributed by atoms with E-state index in [1.54, 1.807) is 11.8 Å². The number of thioether (sulfide) groups is 1. The largest absolute Gasteiger partial charge is 0.414 e. The van der Waals surface area contributed by atoms with Crippen molar-refractivity contribution in [2.45, 2.75) is 44.2 Å². The van der Waals surface area contributed by atoms with Gasteiger partial charge in [0.2, 0.25) is 5.89 Å². The molecule has 2 N–H and O–H groups in total. The Kier molecular flexibility index (Phi) is 5.20. The fraction of sp³-hybridized carbons (Fsp3) is 0.467. The first-order chi connectivity index (χ1) is 9.60. The fourth-order valence-electron chi connectivity index (χ4n) is 1.74. The summed E-state index contributed by atoms with van der Waals surface area (Å²) in [7, 11) is 0. The van der Waals surface area contributed by atoms with Gasteiger partial charge in [-0.15, -0.1) is 10.2 Å². The van der Waals surface area contributed by atoms with Crippen LogP contribution in [0.3, 0.4) is 0 Å². The predicted molar refractivity (Wildman–Crippen MR) is 81.4 cm³/mol. The van der Waals surface area contributed by atoms with E-state index in [0.29, 0.717) is 17.0 Å². The van der Waals surface area contributed by atoms with Crippen molar-refractivity contribution >= 4 is 11.8 Å². The molecule has 0 aliphatic rings. The molecule has 0 saturated heterocycles. The number of benzene rings is 1. The number of rotatable bonds is 6. The third kappa shape index (κ3) is 3.84. The van der Waals surface area contributed by atoms with E-state index in [1.807, 2.05) is 0 Å². The molecular formula is C15H21N3OS. The van der Waals surface area contributed by atoms with Gasteiger partial charge in [0.25, 0.3) is 5.22 Å². The van der Waals surface area contributed by atoms with Crippen molar-refractivity contribution in [3.05, 3.63) is 41.3 Å². The molecule has 0 saturated carbocycles. The standard InChI is InChI=1S/C15H21N3OS/c1-4-11(3)13(16)14-17-18-15(19-14)20-9-12-7-5-10(2)6-8-12/h5-8,11,13H,4,9,16H2,1-3H3/t11-,13+/m0/s1. The Morgan fingerprint density at radius 2 is 1.95 bits per heavy atom. The van der Waals surface area contributed by atoms with Crippen molar-refractivity contribution in [1.82, 2.24) is 10.2 Å². The van der Waals surface area contributed by atoms with Crippen molar-refractivity contribution < 1.29 is 4.42 Å². The molecule has 1 heterocycles. The van der Waals surface area contributed by atoms with Gasteiger partial charge in [0.15, 0.2) is 0 Å². The first kappa shape index (κ1) is 15.1. The maximum atomic E-state index is 6.08. The Labute approximate surface area is 124 Å². The van der Waals surface area contributed by atoms with Crippen LogP contribution in [0.1, 0.15) is 43.3 Å². The van der Waals surface area contributed by atoms with Crippen LogP contribution < -0.4 is 5.73 Å². The highest BCUT2D eigenvalue weighted by Crippen LogP contribution is 2.26. The second-order valence-corrected chi connectivity index (χ2v) is 6.02. The van der Waals surface area contributed by atoms with Gasteiger partial charge in [0, 0.05) is 5.75 Å². The van der Waals surface area contributed by atoms with Crippen LogP contribution in [0.15, 0.2) is 33.9 Å². The van der Waals surface area contributed by atoms with Crippen LogP contribution >= 0.6 is 11.8 Å². The van der Waals surface area contributed by atoms with Crippen LogP contribution in [0.5, 0.6) is 0 Å². The number of aromatic nitrogens is 2. The number of nitrogens with two attached hydrogens (primary N) is 1. The Bertz CT molecular complexity index is 538. The summed E-state index contributed by atoms with van der Waals surface area (Å²) in [5.74, 6) is 1.69. The quantitative estimate of drug-likeness (QED) is 0.822. The molecule has 2 rings (SSSR count). The zero-order valence-corrected chi connectivity index (χ0v) is 13.0. The summed E-state index contributed by atoms with van der Waals surface area (Å²) >= 11 is 1.54. The minimum Gasteiger partial charge on any atom is -0.414 e. The minimum atomic E-state index is -0.179. The molecule has 0 radical (unpaired) electrons. The summed E-state index contributed by atoms with van der Waals surface area (Å²) < 4.78 is 5.63. The molecule has 0 amide bonds. The zero-order chi connectivity index (χ0) is 14.5. The summed E-state index contributed by atoms with van der Waals surface area (Å²) in [6.45, 7) is 6.28. The zero-order valence-electron chi connectivity index (χ0n) is 12.2. The van der Waals surface area contributed by atoms with Gasteiger partial charge < -0.3 is 10.2 Å². The molecule has 2 atom stereocenters. The highest BCUT2D eigenvalue weighted by molar-refractivity contribution is 7.98. The predicted octanol–water partition coefficient (Wildman–Crippen LogP) is 3.72. The molecule has 0 aliphatic heterocycles. The van der Waals surface area contributed by atoms with Gasteiger partial charge in [-0.25, -0.2) is 0 Å². The van der Waals surface area contributed by atoms with Crippen molar-refractivity contribution in [2.75, 3.05) is 0 Å². The average Bonchev–Trinajstić information content (AvgIpc) is 2.94. The molecule has 108 valence electrons. The van der Waals surface area contributed by atoms with Crippen molar-refractivity contribution in [3.63, 3.8) is 0 Å². The first-order valence-electron chi connectivity index (χ1n) is 6.87. The number of aryl methyl sites for hydroxylation is 1. The summed E-state index contributed by atoms with van der Waals surface area (Å²) in [5, 5.41) is 8.68. The number of nitrogens with zero attached hydrogens (tertiary/aromatic N) is 2. The van der Waals surface area contributed by atoms with Crippen molar-refractivity contribution in [2.24, 2.45) is 11.7 Å². The van der Waals surface area contributed by atoms with Gasteiger partial charge in [-0.1, -0.05) is 61.9 Å². The van der Waals surface area contributed by atoms with Gasteiger partial charge in [-0.05, 0) is 18.4 Å². The van der Waals surface area contributed by atoms with Crippen molar-refractivity contribution in [3.8, 4) is 0 Å². The van der Waals surface area contributed by atoms with Crippen LogP contribution in [0.25, 0.3) is 0 Å². The van der Waals surface area contributed by atoms with E-state index in [0.717, 1.165) is 12.2 Å². The Morgan fingerprint density at radius 3 is 2.60 bits per heavy atom. The Morgan fingerprint density at radius 1 is 1.25 bits per heavy atom. The summed E-state index contributed by atoms with van der Waals surface area (Å²) in [4.78, 5) is 0. The molecule has 5 heteroatoms. The third-order valence-corrected chi connectivity index (χ3v) is 4.34. The lowest BCUT2D eigenvalue weighted by Gasteiger charge is -2.13. The third-order valence-electron chi connectivity index (χ3n) is 3.45. The van der Waals surface area contributed by atoms with Crippen molar-refractivity contribution in [1.29, 1.82) is 0 Å². The molecule has 20 heavy (non-hydrogen) atoms. The molecule has 0 aliphatic carbocycles. The highest BCUT2D eigenvalue weighted by Gasteiger charge is 2.19. The lowest BCUT2D eigenvalue weighted by atomic mass is 10.0. The lowest BCUT2D eigenvalue weighted by Crippen LogP contribution is -2.18. The second kappa shape index (κ2) is 6.90. The van der Waals surface area contributed by atoms with E-state index >= 15 is 0 Å². The minimum absolute atomic E-state index is 0.179. The molecule has 2 aromatic rings. The van der Waals surface area contributed by atoms with Gasteiger partial charge in [-0.3, -0.25) is 0 Å². The van der Waals surface area contributed by atoms with Gasteiger partial charge >= 0.3 is 0 Å². The smallest absolute Gasteiger partial charge is 0.276 e. The molecule has 0 bridgehead atoms. The van der Waals surface area contributed by atoms with E-state index in [2.05, 4.69) is 55.2 Å². The van der Waals surface area contributed by atoms with Crippen LogP contribution in [0, 0.1) is 12.8 Å². The lowest BCUT2D eigenvalue weighted by molar-refractivity contribution is 0.333. The summed E-state index contributed by atoms with van der Waals surface area (Å²) in [5.41, 5.74) is 8.59. The van der Waals surface area contributed by atoms with Gasteiger partial charge in [0.05, 0.1) is 6.04 Å². The highest BCUT2D eigenvalue weighted by atomic mass is 32.2. The SMILES string of the molecule is CC[C@H](C)[C@@H](N)c1nnc(SCc2ccc(C)cc2)o1. The molecule has 1 aromatic carbocycles. The molecule has 0 spiro atoms. The maximum Gasteiger partial charge on any atom is 0.276 e. The summed E-state index contributed by atoms with van der Waals surface area (Å²) in [6, 6.07) is 8.26. The molecule has 0 unspecified atom stereocenters. The Hall–Kier alpha value is -1.33.